The number of aromatic nitrogens is 2. The zero-order valence-electron chi connectivity index (χ0n) is 16.1. The summed E-state index contributed by atoms with van der Waals surface area (Å²) < 4.78 is 78.5. The van der Waals surface area contributed by atoms with Crippen LogP contribution in [0.1, 0.15) is 37.2 Å². The van der Waals surface area contributed by atoms with Gasteiger partial charge >= 0.3 is 6.18 Å². The molecule has 3 rings (SSSR count). The Hall–Kier alpha value is -1.81. The van der Waals surface area contributed by atoms with E-state index in [9.17, 15) is 26.2 Å². The number of nitrogens with zero attached hydrogens (tertiary/aromatic N) is 1. The number of rotatable bonds is 4. The lowest BCUT2D eigenvalue weighted by atomic mass is 9.87. The number of imidazole rings is 1. The number of aryl methyl sites for hydroxylation is 1. The summed E-state index contributed by atoms with van der Waals surface area (Å²) in [5.74, 6) is -1.71. The number of nitrogens with one attached hydrogen (secondary N) is 1. The van der Waals surface area contributed by atoms with E-state index >= 15 is 0 Å². The summed E-state index contributed by atoms with van der Waals surface area (Å²) in [6.45, 7) is 1.99. The molecule has 0 bridgehead atoms. The summed E-state index contributed by atoms with van der Waals surface area (Å²) in [5.41, 5.74) is 0.732. The van der Waals surface area contributed by atoms with Crippen LogP contribution < -0.4 is 0 Å². The maximum Gasteiger partial charge on any atom is 0.391 e. The Morgan fingerprint density at radius 1 is 1.17 bits per heavy atom. The Bertz CT molecular complexity index is 800. The molecule has 1 aliphatic rings. The highest BCUT2D eigenvalue weighted by atomic mass is 32.2. The van der Waals surface area contributed by atoms with Crippen LogP contribution in [0.15, 0.2) is 29.3 Å². The van der Waals surface area contributed by atoms with Gasteiger partial charge < -0.3 is 9.72 Å². The van der Waals surface area contributed by atoms with Crippen LogP contribution in [0.4, 0.5) is 22.0 Å². The molecule has 1 atom stereocenters. The Morgan fingerprint density at radius 3 is 2.17 bits per heavy atom. The fraction of sp³-hybridized carbons (Fsp3) is 0.526. The molecule has 1 heterocycles. The van der Waals surface area contributed by atoms with Crippen LogP contribution in [-0.2, 0) is 22.1 Å². The molecule has 2 aromatic rings. The van der Waals surface area contributed by atoms with Crippen molar-refractivity contribution in [3.8, 4) is 0 Å². The number of aromatic amines is 1. The first-order valence-corrected chi connectivity index (χ1v) is 10.6. The first-order chi connectivity index (χ1) is 13.6. The van der Waals surface area contributed by atoms with Crippen molar-refractivity contribution in [2.45, 2.75) is 56.5 Å². The zero-order valence-corrected chi connectivity index (χ0v) is 16.9. The molecule has 1 aromatic carbocycles. The lowest BCUT2D eigenvalue weighted by Gasteiger charge is -2.29. The minimum absolute atomic E-state index is 0.121. The number of halogens is 5. The van der Waals surface area contributed by atoms with Crippen molar-refractivity contribution in [2.75, 3.05) is 6.26 Å². The molecule has 1 unspecified atom stereocenters. The third-order valence-electron chi connectivity index (χ3n) is 4.54. The number of H-pyrrole nitrogens is 1. The van der Waals surface area contributed by atoms with Crippen molar-refractivity contribution in [1.82, 2.24) is 9.97 Å². The number of ether oxygens (including phenoxy) is 1. The van der Waals surface area contributed by atoms with Crippen LogP contribution in [0.5, 0.6) is 0 Å². The van der Waals surface area contributed by atoms with Crippen LogP contribution in [-0.4, -0.2) is 32.7 Å². The average Bonchev–Trinajstić information content (AvgIpc) is 3.01. The van der Waals surface area contributed by atoms with Gasteiger partial charge in [-0.1, -0.05) is 6.07 Å². The molecule has 29 heavy (non-hydrogen) atoms. The molecule has 0 radical (unpaired) electrons. The van der Waals surface area contributed by atoms with Gasteiger partial charge in [0.2, 0.25) is 0 Å². The van der Waals surface area contributed by atoms with E-state index in [4.69, 9.17) is 4.74 Å². The summed E-state index contributed by atoms with van der Waals surface area (Å²) in [6, 6.07) is 4.55. The SMILES string of the molecule is Cc1[nH]c(COC2CCC(C(F)(F)F)CC2)nc1S(C)=O.Fc1cccc(F)c1. The average molecular weight is 438 g/mol. The van der Waals surface area contributed by atoms with Crippen LogP contribution in [0, 0.1) is 24.5 Å². The van der Waals surface area contributed by atoms with Crippen molar-refractivity contribution in [3.05, 3.63) is 47.4 Å². The number of benzene rings is 1. The van der Waals surface area contributed by atoms with Crippen molar-refractivity contribution >= 4 is 10.8 Å². The van der Waals surface area contributed by atoms with Gasteiger partial charge in [-0.05, 0) is 44.7 Å². The first-order valence-electron chi connectivity index (χ1n) is 9.04. The summed E-state index contributed by atoms with van der Waals surface area (Å²) in [7, 11) is -1.17. The number of hydrogen-bond acceptors (Lipinski definition) is 3. The van der Waals surface area contributed by atoms with E-state index in [2.05, 4.69) is 9.97 Å². The monoisotopic (exact) mass is 438 g/mol. The molecule has 1 N–H and O–H groups in total. The van der Waals surface area contributed by atoms with E-state index in [0.717, 1.165) is 11.8 Å². The third-order valence-corrected chi connectivity index (χ3v) is 5.48. The molecule has 162 valence electrons. The second kappa shape index (κ2) is 10.3. The van der Waals surface area contributed by atoms with Crippen LogP contribution >= 0.6 is 0 Å². The normalized spacial score (nSPS) is 20.7. The molecule has 1 aromatic heterocycles. The minimum Gasteiger partial charge on any atom is -0.370 e. The quantitative estimate of drug-likeness (QED) is 0.679. The molecule has 1 aliphatic carbocycles. The Labute approximate surface area is 168 Å². The molecule has 1 fully saturated rings. The van der Waals surface area contributed by atoms with E-state index in [-0.39, 0.29) is 25.6 Å². The summed E-state index contributed by atoms with van der Waals surface area (Å²) in [5, 5.41) is 0.495. The maximum absolute atomic E-state index is 12.6. The molecule has 1 saturated carbocycles. The predicted molar refractivity (Wildman–Crippen MR) is 98.6 cm³/mol. The fourth-order valence-electron chi connectivity index (χ4n) is 3.07. The third kappa shape index (κ3) is 7.50. The van der Waals surface area contributed by atoms with Crippen LogP contribution in [0.3, 0.4) is 0 Å². The second-order valence-corrected chi connectivity index (χ2v) is 8.13. The van der Waals surface area contributed by atoms with Crippen LogP contribution in [0.25, 0.3) is 0 Å². The highest BCUT2D eigenvalue weighted by Gasteiger charge is 2.41. The topological polar surface area (TPSA) is 55.0 Å². The van der Waals surface area contributed by atoms with Gasteiger partial charge in [0.05, 0.1) is 22.8 Å². The van der Waals surface area contributed by atoms with Gasteiger partial charge in [-0.25, -0.2) is 13.8 Å². The van der Waals surface area contributed by atoms with E-state index in [1.807, 2.05) is 0 Å². The summed E-state index contributed by atoms with van der Waals surface area (Å²) in [6.07, 6.45) is -1.64. The molecule has 0 spiro atoms. The van der Waals surface area contributed by atoms with Crippen LogP contribution in [0.2, 0.25) is 0 Å². The highest BCUT2D eigenvalue weighted by molar-refractivity contribution is 7.84. The largest absolute Gasteiger partial charge is 0.391 e. The molecule has 4 nitrogen and oxygen atoms in total. The smallest absolute Gasteiger partial charge is 0.370 e. The van der Waals surface area contributed by atoms with E-state index in [1.165, 1.54) is 18.2 Å². The molecule has 10 heteroatoms. The van der Waals surface area contributed by atoms with Crippen molar-refractivity contribution in [2.24, 2.45) is 5.92 Å². The number of alkyl halides is 3. The number of hydrogen-bond donors (Lipinski definition) is 1. The van der Waals surface area contributed by atoms with E-state index in [0.29, 0.717) is 23.7 Å². The summed E-state index contributed by atoms with van der Waals surface area (Å²) in [4.78, 5) is 7.18. The zero-order chi connectivity index (χ0) is 21.6. The Kier molecular flexibility index (Phi) is 8.33. The van der Waals surface area contributed by atoms with Gasteiger partial charge in [0.1, 0.15) is 29.1 Å². The second-order valence-electron chi connectivity index (χ2n) is 6.83. The standard InChI is InChI=1S/C13H19F3N2O2S.C6H4F2/c1-8-12(21(2)19)18-11(17-8)7-20-10-5-3-9(4-6-10)13(14,15)16;7-5-2-1-3-6(8)4-5/h9-10H,3-7H2,1-2H3,(H,17,18);1-4H. The maximum atomic E-state index is 12.6. The first kappa shape index (κ1) is 23.5. The lowest BCUT2D eigenvalue weighted by Crippen LogP contribution is -2.30. The van der Waals surface area contributed by atoms with Gasteiger partial charge in [-0.3, -0.25) is 4.21 Å². The van der Waals surface area contributed by atoms with Gasteiger partial charge in [-0.15, -0.1) is 0 Å². The van der Waals surface area contributed by atoms with E-state index in [1.54, 1.807) is 13.2 Å². The molecule has 0 aliphatic heterocycles. The van der Waals surface area contributed by atoms with Gasteiger partial charge in [-0.2, -0.15) is 13.2 Å². The molecular formula is C19H23F5N2O2S. The predicted octanol–water partition coefficient (Wildman–Crippen LogP) is 5.06. The fourth-order valence-corrected chi connectivity index (χ4v) is 3.79. The molecular weight excluding hydrogens is 415 g/mol. The van der Waals surface area contributed by atoms with Gasteiger partial charge in [0, 0.05) is 18.0 Å². The molecule has 0 amide bonds. The molecule has 0 saturated heterocycles. The Balaban J connectivity index is 0.000000313. The minimum atomic E-state index is -4.09. The Morgan fingerprint density at radius 2 is 1.76 bits per heavy atom. The summed E-state index contributed by atoms with van der Waals surface area (Å²) >= 11 is 0. The lowest BCUT2D eigenvalue weighted by molar-refractivity contribution is -0.188. The van der Waals surface area contributed by atoms with Crippen molar-refractivity contribution in [1.29, 1.82) is 0 Å². The van der Waals surface area contributed by atoms with Crippen molar-refractivity contribution in [3.63, 3.8) is 0 Å². The van der Waals surface area contributed by atoms with Crippen molar-refractivity contribution < 1.29 is 30.9 Å². The highest BCUT2D eigenvalue weighted by Crippen LogP contribution is 2.38. The van der Waals surface area contributed by atoms with E-state index < -0.39 is 34.5 Å². The van der Waals surface area contributed by atoms with Gasteiger partial charge in [0.15, 0.2) is 0 Å². The van der Waals surface area contributed by atoms with Gasteiger partial charge in [0.25, 0.3) is 0 Å².